The number of halogens is 1. The van der Waals surface area contributed by atoms with E-state index in [1.807, 2.05) is 39.0 Å². The number of nitriles is 1. The summed E-state index contributed by atoms with van der Waals surface area (Å²) < 4.78 is 37.2. The maximum atomic E-state index is 14.3. The van der Waals surface area contributed by atoms with E-state index in [-0.39, 0.29) is 23.5 Å². The fourth-order valence-electron chi connectivity index (χ4n) is 4.80. The molecule has 10 heteroatoms. The maximum absolute atomic E-state index is 14.3. The monoisotopic (exact) mass is 540 g/mol. The van der Waals surface area contributed by atoms with Gasteiger partial charge in [-0.3, -0.25) is 0 Å². The number of carbonyl (C=O) groups excluding carboxylic acids is 1. The molecule has 9 nitrogen and oxygen atoms in total. The van der Waals surface area contributed by atoms with Gasteiger partial charge in [-0.15, -0.1) is 0 Å². The van der Waals surface area contributed by atoms with Gasteiger partial charge < -0.3 is 28.7 Å². The first-order chi connectivity index (χ1) is 18.6. The van der Waals surface area contributed by atoms with Crippen LogP contribution in [0.2, 0.25) is 0 Å². The van der Waals surface area contributed by atoms with Crippen molar-refractivity contribution >= 4 is 11.8 Å². The van der Waals surface area contributed by atoms with Gasteiger partial charge in [-0.05, 0) is 63.4 Å². The largest absolute Gasteiger partial charge is 0.494 e. The summed E-state index contributed by atoms with van der Waals surface area (Å²) in [5.41, 5.74) is 1.30. The van der Waals surface area contributed by atoms with Crippen LogP contribution in [-0.2, 0) is 20.8 Å². The van der Waals surface area contributed by atoms with E-state index in [0.29, 0.717) is 51.5 Å². The highest BCUT2D eigenvalue weighted by atomic mass is 19.1. The van der Waals surface area contributed by atoms with Gasteiger partial charge in [0.15, 0.2) is 17.9 Å². The minimum Gasteiger partial charge on any atom is -0.494 e. The molecule has 0 atom stereocenters. The van der Waals surface area contributed by atoms with Crippen molar-refractivity contribution < 1.29 is 28.1 Å². The summed E-state index contributed by atoms with van der Waals surface area (Å²) in [6.07, 6.45) is 3.19. The summed E-state index contributed by atoms with van der Waals surface area (Å²) in [5, 5.41) is 9.11. The Balaban J connectivity index is 1.33. The van der Waals surface area contributed by atoms with Crippen LogP contribution < -0.4 is 9.64 Å². The number of amides is 1. The third-order valence-corrected chi connectivity index (χ3v) is 7.08. The molecule has 39 heavy (non-hydrogen) atoms. The van der Waals surface area contributed by atoms with Crippen LogP contribution >= 0.6 is 0 Å². The number of aromatic nitrogens is 1. The summed E-state index contributed by atoms with van der Waals surface area (Å²) in [7, 11) is 1.44. The highest BCUT2D eigenvalue weighted by molar-refractivity contribution is 5.68. The Labute approximate surface area is 229 Å². The van der Waals surface area contributed by atoms with Gasteiger partial charge in [-0.2, -0.15) is 5.26 Å². The molecule has 210 valence electrons. The second kappa shape index (κ2) is 12.2. The number of nitrogens with zero attached hydrogens (tertiary/aromatic N) is 4. The maximum Gasteiger partial charge on any atom is 0.410 e. The molecule has 2 aliphatic heterocycles. The van der Waals surface area contributed by atoms with Crippen LogP contribution in [0.25, 0.3) is 0 Å². The van der Waals surface area contributed by atoms with Crippen LogP contribution in [0.3, 0.4) is 0 Å². The lowest BCUT2D eigenvalue weighted by Crippen LogP contribution is -2.51. The third kappa shape index (κ3) is 7.58. The SMILES string of the molecule is COc1ccc(CN(CCC2OCC3(CCN(C(=O)OC(C)(C)C)CC3)CO2)c2ccc(C#N)nc2)cc1F. The molecule has 1 aromatic carbocycles. The van der Waals surface area contributed by atoms with E-state index in [1.54, 1.807) is 23.2 Å². The van der Waals surface area contributed by atoms with E-state index in [9.17, 15) is 9.18 Å². The number of ether oxygens (including phenoxy) is 4. The van der Waals surface area contributed by atoms with Gasteiger partial charge in [-0.25, -0.2) is 14.2 Å². The first kappa shape index (κ1) is 28.6. The van der Waals surface area contributed by atoms with Gasteiger partial charge in [-0.1, -0.05) is 6.07 Å². The van der Waals surface area contributed by atoms with Gasteiger partial charge in [0.25, 0.3) is 0 Å². The van der Waals surface area contributed by atoms with Crippen molar-refractivity contribution in [2.75, 3.05) is 44.9 Å². The molecule has 1 amide bonds. The van der Waals surface area contributed by atoms with Crippen LogP contribution in [0.15, 0.2) is 36.5 Å². The van der Waals surface area contributed by atoms with E-state index in [2.05, 4.69) is 9.88 Å². The predicted octanol–water partition coefficient (Wildman–Crippen LogP) is 4.89. The van der Waals surface area contributed by atoms with E-state index < -0.39 is 11.4 Å². The summed E-state index contributed by atoms with van der Waals surface area (Å²) in [6, 6.07) is 10.4. The number of carbonyl (C=O) groups is 1. The second-order valence-electron chi connectivity index (χ2n) is 11.2. The van der Waals surface area contributed by atoms with Gasteiger partial charge >= 0.3 is 6.09 Å². The highest BCUT2D eigenvalue weighted by Crippen LogP contribution is 2.37. The fourth-order valence-corrected chi connectivity index (χ4v) is 4.80. The number of hydrogen-bond donors (Lipinski definition) is 0. The molecule has 0 bridgehead atoms. The Bertz CT molecular complexity index is 1160. The molecule has 2 aliphatic rings. The normalized spacial score (nSPS) is 17.5. The molecule has 0 aliphatic carbocycles. The van der Waals surface area contributed by atoms with Crippen molar-refractivity contribution in [3.05, 3.63) is 53.6 Å². The summed E-state index contributed by atoms with van der Waals surface area (Å²) in [6.45, 7) is 8.99. The molecule has 1 aromatic heterocycles. The fraction of sp³-hybridized carbons (Fsp3) is 0.552. The molecule has 0 radical (unpaired) electrons. The van der Waals surface area contributed by atoms with Crippen LogP contribution in [0, 0.1) is 22.6 Å². The van der Waals surface area contributed by atoms with Gasteiger partial charge in [0.2, 0.25) is 0 Å². The van der Waals surface area contributed by atoms with Crippen LogP contribution in [0.5, 0.6) is 5.75 Å². The summed E-state index contributed by atoms with van der Waals surface area (Å²) in [5.74, 6) is -0.227. The summed E-state index contributed by atoms with van der Waals surface area (Å²) in [4.78, 5) is 20.4. The van der Waals surface area contributed by atoms with E-state index in [1.165, 1.54) is 13.2 Å². The van der Waals surface area contributed by atoms with Crippen molar-refractivity contribution in [1.29, 1.82) is 5.26 Å². The average molecular weight is 541 g/mol. The van der Waals surface area contributed by atoms with Crippen molar-refractivity contribution in [3.63, 3.8) is 0 Å². The van der Waals surface area contributed by atoms with Crippen molar-refractivity contribution in [1.82, 2.24) is 9.88 Å². The van der Waals surface area contributed by atoms with E-state index in [4.69, 9.17) is 24.2 Å². The number of hydrogen-bond acceptors (Lipinski definition) is 8. The lowest BCUT2D eigenvalue weighted by atomic mass is 9.79. The topological polar surface area (TPSA) is 97.2 Å². The highest BCUT2D eigenvalue weighted by Gasteiger charge is 2.41. The number of methoxy groups -OCH3 is 1. The number of anilines is 1. The average Bonchev–Trinajstić information content (AvgIpc) is 2.91. The standard InChI is InChI=1S/C29H37FN4O5/c1-28(2,3)39-27(35)33-13-10-29(11-14-33)19-37-26(38-20-29)9-12-34(23-7-6-22(16-31)32-17-23)18-21-5-8-25(36-4)24(30)15-21/h5-8,15,17,26H,9-14,18-20H2,1-4H3. The minimum absolute atomic E-state index is 0.105. The zero-order chi connectivity index (χ0) is 28.0. The van der Waals surface area contributed by atoms with Crippen molar-refractivity contribution in [2.24, 2.45) is 5.41 Å². The molecular weight excluding hydrogens is 503 g/mol. The molecule has 2 aromatic rings. The molecular formula is C29H37FN4O5. The molecule has 2 saturated heterocycles. The molecule has 0 unspecified atom stereocenters. The first-order valence-corrected chi connectivity index (χ1v) is 13.2. The molecule has 3 heterocycles. The first-order valence-electron chi connectivity index (χ1n) is 13.2. The van der Waals surface area contributed by atoms with Crippen molar-refractivity contribution in [2.45, 2.75) is 58.5 Å². The Morgan fingerprint density at radius 1 is 1.23 bits per heavy atom. The molecule has 0 saturated carbocycles. The minimum atomic E-state index is -0.514. The smallest absolute Gasteiger partial charge is 0.410 e. The number of piperidine rings is 1. The molecule has 4 rings (SSSR count). The quantitative estimate of drug-likeness (QED) is 0.490. The number of benzene rings is 1. The second-order valence-corrected chi connectivity index (χ2v) is 11.2. The Morgan fingerprint density at radius 3 is 2.51 bits per heavy atom. The van der Waals surface area contributed by atoms with Gasteiger partial charge in [0.1, 0.15) is 17.4 Å². The number of pyridine rings is 1. The van der Waals surface area contributed by atoms with Gasteiger partial charge in [0.05, 0.1) is 32.2 Å². The lowest BCUT2D eigenvalue weighted by molar-refractivity contribution is -0.238. The molecule has 1 spiro atoms. The number of likely N-dealkylation sites (tertiary alicyclic amines) is 1. The van der Waals surface area contributed by atoms with Crippen LogP contribution in [0.4, 0.5) is 14.9 Å². The van der Waals surface area contributed by atoms with E-state index in [0.717, 1.165) is 24.1 Å². The Kier molecular flexibility index (Phi) is 8.93. The van der Waals surface area contributed by atoms with Crippen LogP contribution in [0.1, 0.15) is 51.3 Å². The third-order valence-electron chi connectivity index (χ3n) is 7.08. The van der Waals surface area contributed by atoms with Crippen LogP contribution in [-0.4, -0.2) is 67.8 Å². The number of rotatable bonds is 7. The van der Waals surface area contributed by atoms with E-state index >= 15 is 0 Å². The molecule has 2 fully saturated rings. The Morgan fingerprint density at radius 2 is 1.95 bits per heavy atom. The zero-order valence-electron chi connectivity index (χ0n) is 23.1. The van der Waals surface area contributed by atoms with Crippen molar-refractivity contribution in [3.8, 4) is 11.8 Å². The zero-order valence-corrected chi connectivity index (χ0v) is 23.1. The molecule has 0 N–H and O–H groups in total. The predicted molar refractivity (Wildman–Crippen MR) is 143 cm³/mol. The summed E-state index contributed by atoms with van der Waals surface area (Å²) >= 11 is 0. The van der Waals surface area contributed by atoms with Gasteiger partial charge in [0, 0.05) is 38.0 Å². The lowest BCUT2D eigenvalue weighted by Gasteiger charge is -2.45. The Hall–Kier alpha value is -3.42.